The number of benzene rings is 1. The molecule has 0 saturated carbocycles. The minimum absolute atomic E-state index is 0.0178. The zero-order valence-electron chi connectivity index (χ0n) is 17.0. The van der Waals surface area contributed by atoms with Crippen molar-refractivity contribution in [3.63, 3.8) is 0 Å². The monoisotopic (exact) mass is 368 g/mol. The summed E-state index contributed by atoms with van der Waals surface area (Å²) in [4.78, 5) is 17.7. The van der Waals surface area contributed by atoms with Crippen LogP contribution in [0, 0.1) is 12.8 Å². The van der Waals surface area contributed by atoms with Crippen molar-refractivity contribution in [2.75, 3.05) is 6.61 Å². The van der Waals surface area contributed by atoms with Gasteiger partial charge in [-0.2, -0.15) is 0 Å². The molecule has 27 heavy (non-hydrogen) atoms. The molecule has 1 unspecified atom stereocenters. The average Bonchev–Trinajstić information content (AvgIpc) is 3.10. The Balaban J connectivity index is 1.86. The Labute approximate surface area is 163 Å². The first kappa shape index (κ1) is 19.7. The predicted molar refractivity (Wildman–Crippen MR) is 109 cm³/mol. The largest absolute Gasteiger partial charge is 0.493 e. The van der Waals surface area contributed by atoms with Crippen LogP contribution in [0.15, 0.2) is 24.5 Å². The summed E-state index contributed by atoms with van der Waals surface area (Å²) < 4.78 is 8.13. The third kappa shape index (κ3) is 4.42. The molecule has 4 heteroatoms. The highest BCUT2D eigenvalue weighted by atomic mass is 16.5. The molecule has 0 amide bonds. The van der Waals surface area contributed by atoms with Gasteiger partial charge in [-0.1, -0.05) is 20.3 Å². The van der Waals surface area contributed by atoms with Crippen LogP contribution in [-0.4, -0.2) is 21.9 Å². The molecule has 1 aliphatic carbocycles. The molecule has 4 nitrogen and oxygen atoms in total. The summed E-state index contributed by atoms with van der Waals surface area (Å²) >= 11 is 0. The standard InChI is InChI=1S/C23H32N2O2/c1-4-6-15-27-22-12-11-21(19-9-7-8-10-20(19)22)23(26)18(5-2)16-25-14-13-24-17(25)3/h11-14,18H,4-10,15-16H2,1-3H3. The quantitative estimate of drug-likeness (QED) is 0.454. The summed E-state index contributed by atoms with van der Waals surface area (Å²) in [5.74, 6) is 2.20. The van der Waals surface area contributed by atoms with Gasteiger partial charge >= 0.3 is 0 Å². The number of hydrogen-bond donors (Lipinski definition) is 0. The lowest BCUT2D eigenvalue weighted by Crippen LogP contribution is -2.23. The van der Waals surface area contributed by atoms with Crippen molar-refractivity contribution in [2.24, 2.45) is 5.92 Å². The van der Waals surface area contributed by atoms with E-state index in [2.05, 4.69) is 23.4 Å². The lowest BCUT2D eigenvalue weighted by atomic mass is 9.83. The number of rotatable bonds is 9. The van der Waals surface area contributed by atoms with E-state index >= 15 is 0 Å². The predicted octanol–water partition coefficient (Wildman–Crippen LogP) is 5.16. The molecule has 1 aromatic heterocycles. The third-order valence-corrected chi connectivity index (χ3v) is 5.72. The van der Waals surface area contributed by atoms with Gasteiger partial charge in [0, 0.05) is 30.4 Å². The van der Waals surface area contributed by atoms with E-state index in [0.717, 1.165) is 62.3 Å². The molecule has 0 bridgehead atoms. The number of fused-ring (bicyclic) bond motifs is 1. The van der Waals surface area contributed by atoms with Crippen LogP contribution in [0.25, 0.3) is 0 Å². The minimum atomic E-state index is -0.0178. The van der Waals surface area contributed by atoms with Crippen LogP contribution in [0.1, 0.15) is 73.3 Å². The van der Waals surface area contributed by atoms with Gasteiger partial charge in [0.1, 0.15) is 11.6 Å². The van der Waals surface area contributed by atoms with E-state index in [9.17, 15) is 4.79 Å². The van der Waals surface area contributed by atoms with Crippen LogP contribution in [0.2, 0.25) is 0 Å². The van der Waals surface area contributed by atoms with Crippen molar-refractivity contribution < 1.29 is 9.53 Å². The fourth-order valence-electron chi connectivity index (χ4n) is 3.98. The maximum Gasteiger partial charge on any atom is 0.168 e. The molecule has 3 rings (SSSR count). The first-order valence-electron chi connectivity index (χ1n) is 10.4. The molecule has 1 aliphatic rings. The van der Waals surface area contributed by atoms with Gasteiger partial charge < -0.3 is 9.30 Å². The van der Waals surface area contributed by atoms with Gasteiger partial charge in [0.25, 0.3) is 0 Å². The second kappa shape index (κ2) is 9.20. The molecule has 1 heterocycles. The van der Waals surface area contributed by atoms with E-state index in [1.54, 1.807) is 6.20 Å². The average molecular weight is 369 g/mol. The molecular formula is C23H32N2O2. The van der Waals surface area contributed by atoms with Crippen LogP contribution in [0.3, 0.4) is 0 Å². The second-order valence-corrected chi connectivity index (χ2v) is 7.57. The number of unbranched alkanes of at least 4 members (excludes halogenated alkanes) is 1. The number of aromatic nitrogens is 2. The number of aryl methyl sites for hydroxylation is 1. The van der Waals surface area contributed by atoms with E-state index < -0.39 is 0 Å². The number of carbonyl (C=O) groups excluding carboxylic acids is 1. The highest BCUT2D eigenvalue weighted by molar-refractivity contribution is 5.99. The van der Waals surface area contributed by atoms with Crippen LogP contribution in [0.4, 0.5) is 0 Å². The molecular weight excluding hydrogens is 336 g/mol. The van der Waals surface area contributed by atoms with Crippen LogP contribution < -0.4 is 4.74 Å². The molecule has 0 N–H and O–H groups in total. The van der Waals surface area contributed by atoms with Crippen LogP contribution in [-0.2, 0) is 19.4 Å². The van der Waals surface area contributed by atoms with Gasteiger partial charge in [-0.05, 0) is 68.7 Å². The lowest BCUT2D eigenvalue weighted by Gasteiger charge is -2.24. The van der Waals surface area contributed by atoms with Gasteiger partial charge in [-0.15, -0.1) is 0 Å². The fraction of sp³-hybridized carbons (Fsp3) is 0.565. The topological polar surface area (TPSA) is 44.1 Å². The Kier molecular flexibility index (Phi) is 6.70. The van der Waals surface area contributed by atoms with Gasteiger partial charge in [-0.3, -0.25) is 4.79 Å². The Morgan fingerprint density at radius 3 is 2.67 bits per heavy atom. The van der Waals surface area contributed by atoms with E-state index in [-0.39, 0.29) is 11.7 Å². The molecule has 0 aliphatic heterocycles. The van der Waals surface area contributed by atoms with Gasteiger partial charge in [0.15, 0.2) is 5.78 Å². The highest BCUT2D eigenvalue weighted by Gasteiger charge is 2.26. The van der Waals surface area contributed by atoms with Crippen LogP contribution >= 0.6 is 0 Å². The Morgan fingerprint density at radius 2 is 2.00 bits per heavy atom. The first-order chi connectivity index (χ1) is 13.2. The number of nitrogens with zero attached hydrogens (tertiary/aromatic N) is 2. The Bertz CT molecular complexity index is 779. The molecule has 146 valence electrons. The van der Waals surface area contributed by atoms with E-state index in [1.807, 2.05) is 25.3 Å². The van der Waals surface area contributed by atoms with E-state index in [1.165, 1.54) is 17.5 Å². The van der Waals surface area contributed by atoms with E-state index in [0.29, 0.717) is 6.54 Å². The number of carbonyl (C=O) groups is 1. The molecule has 0 fully saturated rings. The van der Waals surface area contributed by atoms with E-state index in [4.69, 9.17) is 4.74 Å². The van der Waals surface area contributed by atoms with Gasteiger partial charge in [0.05, 0.1) is 6.61 Å². The molecule has 1 aromatic carbocycles. The third-order valence-electron chi connectivity index (χ3n) is 5.72. The summed E-state index contributed by atoms with van der Waals surface area (Å²) in [5.41, 5.74) is 3.43. The molecule has 1 atom stereocenters. The number of ether oxygens (including phenoxy) is 1. The molecule has 0 saturated heterocycles. The molecule has 0 radical (unpaired) electrons. The van der Waals surface area contributed by atoms with Gasteiger partial charge in [0.2, 0.25) is 0 Å². The minimum Gasteiger partial charge on any atom is -0.493 e. The normalized spacial score (nSPS) is 14.6. The van der Waals surface area contributed by atoms with Crippen LogP contribution in [0.5, 0.6) is 5.75 Å². The smallest absolute Gasteiger partial charge is 0.168 e. The van der Waals surface area contributed by atoms with Crippen molar-refractivity contribution in [3.8, 4) is 5.75 Å². The molecule has 0 spiro atoms. The zero-order chi connectivity index (χ0) is 19.2. The molecule has 2 aromatic rings. The summed E-state index contributed by atoms with van der Waals surface area (Å²) in [6.07, 6.45) is 11.1. The number of Topliss-reactive ketones (excluding diaryl/α,β-unsaturated/α-hetero) is 1. The van der Waals surface area contributed by atoms with Crippen molar-refractivity contribution in [2.45, 2.75) is 72.3 Å². The number of hydrogen-bond acceptors (Lipinski definition) is 3. The zero-order valence-corrected chi connectivity index (χ0v) is 17.0. The van der Waals surface area contributed by atoms with Crippen molar-refractivity contribution >= 4 is 5.78 Å². The lowest BCUT2D eigenvalue weighted by molar-refractivity contribution is 0.0901. The van der Waals surface area contributed by atoms with Gasteiger partial charge in [-0.25, -0.2) is 4.98 Å². The SMILES string of the molecule is CCCCOc1ccc(C(=O)C(CC)Cn2ccnc2C)c2c1CCCC2. The maximum atomic E-state index is 13.4. The first-order valence-corrected chi connectivity index (χ1v) is 10.4. The number of ketones is 1. The van der Waals surface area contributed by atoms with Crippen molar-refractivity contribution in [1.29, 1.82) is 0 Å². The summed E-state index contributed by atoms with van der Waals surface area (Å²) in [6.45, 7) is 7.72. The maximum absolute atomic E-state index is 13.4. The Morgan fingerprint density at radius 1 is 1.22 bits per heavy atom. The summed E-state index contributed by atoms with van der Waals surface area (Å²) in [6, 6.07) is 4.04. The van der Waals surface area contributed by atoms with Crippen molar-refractivity contribution in [3.05, 3.63) is 47.0 Å². The fourth-order valence-corrected chi connectivity index (χ4v) is 3.98. The van der Waals surface area contributed by atoms with Crippen molar-refractivity contribution in [1.82, 2.24) is 9.55 Å². The number of imidazole rings is 1. The second-order valence-electron chi connectivity index (χ2n) is 7.57. The summed E-state index contributed by atoms with van der Waals surface area (Å²) in [7, 11) is 0. The highest BCUT2D eigenvalue weighted by Crippen LogP contribution is 2.34. The Hall–Kier alpha value is -2.10. The summed E-state index contributed by atoms with van der Waals surface area (Å²) in [5, 5.41) is 0.